The van der Waals surface area contributed by atoms with E-state index in [1.54, 1.807) is 26.8 Å². The van der Waals surface area contributed by atoms with Crippen molar-refractivity contribution in [1.29, 1.82) is 0 Å². The summed E-state index contributed by atoms with van der Waals surface area (Å²) < 4.78 is 44.4. The molecule has 0 aromatic heterocycles. The summed E-state index contributed by atoms with van der Waals surface area (Å²) in [6.07, 6.45) is -0.395. The van der Waals surface area contributed by atoms with E-state index in [-0.39, 0.29) is 30.0 Å². The monoisotopic (exact) mass is 405 g/mol. The van der Waals surface area contributed by atoms with E-state index in [9.17, 15) is 21.9 Å². The average Bonchev–Trinajstić information content (AvgIpc) is 2.44. The molecule has 1 rings (SSSR count). The lowest BCUT2D eigenvalue weighted by molar-refractivity contribution is -0.153. The standard InChI is InChI=1S/C17H24FNO7S/c1-10-12(7-14(20)21)6-13(11(2)16(10)26-27(18,23)24)8-19-9-15(22)25-17(3,4)5/h6,19H,7-9H2,1-5H3,(H,20,21). The number of rotatable bonds is 8. The van der Waals surface area contributed by atoms with Gasteiger partial charge in [-0.3, -0.25) is 9.59 Å². The van der Waals surface area contributed by atoms with Gasteiger partial charge < -0.3 is 19.3 Å². The molecule has 0 spiro atoms. The number of aliphatic carboxylic acids is 1. The molecule has 0 heterocycles. The van der Waals surface area contributed by atoms with E-state index < -0.39 is 34.5 Å². The summed E-state index contributed by atoms with van der Waals surface area (Å²) in [5.74, 6) is -1.88. The summed E-state index contributed by atoms with van der Waals surface area (Å²) in [6.45, 7) is 8.14. The van der Waals surface area contributed by atoms with Gasteiger partial charge in [0.2, 0.25) is 0 Å². The first-order chi connectivity index (χ1) is 12.2. The van der Waals surface area contributed by atoms with Gasteiger partial charge in [0.25, 0.3) is 0 Å². The lowest BCUT2D eigenvalue weighted by atomic mass is 9.96. The minimum absolute atomic E-state index is 0.0979. The largest absolute Gasteiger partial charge is 0.488 e. The second-order valence-electron chi connectivity index (χ2n) is 7.01. The minimum Gasteiger partial charge on any atom is -0.481 e. The van der Waals surface area contributed by atoms with Gasteiger partial charge in [-0.25, -0.2) is 0 Å². The zero-order valence-electron chi connectivity index (χ0n) is 15.9. The molecule has 0 aliphatic heterocycles. The number of hydrogen-bond donors (Lipinski definition) is 2. The number of carboxylic acids is 1. The first kappa shape index (κ1) is 22.8. The molecule has 10 heteroatoms. The molecule has 0 amide bonds. The molecule has 2 N–H and O–H groups in total. The Morgan fingerprint density at radius 1 is 1.19 bits per heavy atom. The van der Waals surface area contributed by atoms with Crippen LogP contribution in [0.25, 0.3) is 0 Å². The van der Waals surface area contributed by atoms with Gasteiger partial charge >= 0.3 is 22.4 Å². The smallest absolute Gasteiger partial charge is 0.481 e. The van der Waals surface area contributed by atoms with Crippen LogP contribution in [0.2, 0.25) is 0 Å². The molecular formula is C17H24FNO7S. The van der Waals surface area contributed by atoms with Gasteiger partial charge in [0.1, 0.15) is 5.60 Å². The summed E-state index contributed by atoms with van der Waals surface area (Å²) in [6, 6.07) is 1.55. The summed E-state index contributed by atoms with van der Waals surface area (Å²) in [7, 11) is -5.28. The number of carboxylic acid groups (broad SMARTS) is 1. The lowest BCUT2D eigenvalue weighted by Gasteiger charge is -2.20. The highest BCUT2D eigenvalue weighted by Crippen LogP contribution is 2.31. The van der Waals surface area contributed by atoms with E-state index in [1.807, 2.05) is 0 Å². The molecule has 0 saturated carbocycles. The summed E-state index contributed by atoms with van der Waals surface area (Å²) in [4.78, 5) is 22.8. The van der Waals surface area contributed by atoms with E-state index >= 15 is 0 Å². The van der Waals surface area contributed by atoms with Crippen molar-refractivity contribution < 1.29 is 35.9 Å². The van der Waals surface area contributed by atoms with Crippen LogP contribution in [0.3, 0.4) is 0 Å². The maximum atomic E-state index is 13.0. The fraction of sp³-hybridized carbons (Fsp3) is 0.529. The van der Waals surface area contributed by atoms with Crippen molar-refractivity contribution in [2.45, 2.75) is 53.2 Å². The maximum absolute atomic E-state index is 13.0. The number of halogens is 1. The van der Waals surface area contributed by atoms with Crippen LogP contribution in [-0.2, 0) is 37.8 Å². The van der Waals surface area contributed by atoms with Gasteiger partial charge in [-0.05, 0) is 56.9 Å². The first-order valence-corrected chi connectivity index (χ1v) is 9.41. The van der Waals surface area contributed by atoms with Crippen molar-refractivity contribution in [3.05, 3.63) is 28.3 Å². The van der Waals surface area contributed by atoms with Gasteiger partial charge in [-0.2, -0.15) is 8.42 Å². The Labute approximate surface area is 158 Å². The second-order valence-corrected chi connectivity index (χ2v) is 7.96. The number of nitrogens with one attached hydrogen (secondary N) is 1. The topological polar surface area (TPSA) is 119 Å². The van der Waals surface area contributed by atoms with Crippen molar-refractivity contribution in [1.82, 2.24) is 5.32 Å². The van der Waals surface area contributed by atoms with Gasteiger partial charge in [0.15, 0.2) is 5.75 Å². The normalized spacial score (nSPS) is 11.9. The molecule has 0 bridgehead atoms. The van der Waals surface area contributed by atoms with Crippen LogP contribution in [0.15, 0.2) is 6.07 Å². The number of carbonyl (C=O) groups is 2. The third-order valence-electron chi connectivity index (χ3n) is 3.52. The zero-order chi connectivity index (χ0) is 21.0. The van der Waals surface area contributed by atoms with Gasteiger partial charge in [-0.15, -0.1) is 0 Å². The van der Waals surface area contributed by atoms with E-state index in [1.165, 1.54) is 13.8 Å². The second kappa shape index (κ2) is 8.66. The summed E-state index contributed by atoms with van der Waals surface area (Å²) >= 11 is 0. The fourth-order valence-electron chi connectivity index (χ4n) is 2.43. The van der Waals surface area contributed by atoms with Gasteiger partial charge in [0.05, 0.1) is 13.0 Å². The number of hydrogen-bond acceptors (Lipinski definition) is 7. The van der Waals surface area contributed by atoms with Crippen molar-refractivity contribution in [3.63, 3.8) is 0 Å². The number of carbonyl (C=O) groups excluding carboxylic acids is 1. The highest BCUT2D eigenvalue weighted by atomic mass is 32.3. The Bertz CT molecular complexity index is 829. The van der Waals surface area contributed by atoms with Crippen molar-refractivity contribution >= 4 is 22.4 Å². The predicted molar refractivity (Wildman–Crippen MR) is 95.5 cm³/mol. The maximum Gasteiger partial charge on any atom is 0.488 e. The summed E-state index contributed by atoms with van der Waals surface area (Å²) in [5.41, 5.74) is 0.649. The van der Waals surface area contributed by atoms with Gasteiger partial charge in [-0.1, -0.05) is 9.95 Å². The molecule has 0 fully saturated rings. The first-order valence-electron chi connectivity index (χ1n) is 8.10. The molecule has 0 saturated heterocycles. The van der Waals surface area contributed by atoms with Crippen LogP contribution in [0.4, 0.5) is 3.89 Å². The molecule has 8 nitrogen and oxygen atoms in total. The third kappa shape index (κ3) is 7.92. The number of esters is 1. The molecule has 1 aromatic carbocycles. The molecule has 0 aliphatic rings. The molecular weight excluding hydrogens is 381 g/mol. The van der Waals surface area contributed by atoms with Crippen molar-refractivity contribution in [2.75, 3.05) is 6.54 Å². The Morgan fingerprint density at radius 2 is 1.74 bits per heavy atom. The summed E-state index contributed by atoms with van der Waals surface area (Å²) in [5, 5.41) is 11.9. The van der Waals surface area contributed by atoms with Crippen LogP contribution in [0, 0.1) is 13.8 Å². The van der Waals surface area contributed by atoms with Crippen LogP contribution >= 0.6 is 0 Å². The molecule has 1 aromatic rings. The highest BCUT2D eigenvalue weighted by molar-refractivity contribution is 7.81. The Kier molecular flexibility index (Phi) is 7.32. The van der Waals surface area contributed by atoms with Gasteiger partial charge in [0, 0.05) is 6.54 Å². The zero-order valence-corrected chi connectivity index (χ0v) is 16.7. The van der Waals surface area contributed by atoms with Crippen LogP contribution < -0.4 is 9.50 Å². The minimum atomic E-state index is -5.28. The van der Waals surface area contributed by atoms with E-state index in [4.69, 9.17) is 9.84 Å². The highest BCUT2D eigenvalue weighted by Gasteiger charge is 2.21. The SMILES string of the molecule is Cc1c(CNCC(=O)OC(C)(C)C)cc(CC(=O)O)c(C)c1OS(=O)(=O)F. The quantitative estimate of drug-likeness (QED) is 0.498. The Morgan fingerprint density at radius 3 is 2.22 bits per heavy atom. The third-order valence-corrected chi connectivity index (χ3v) is 3.89. The van der Waals surface area contributed by atoms with E-state index in [0.29, 0.717) is 11.1 Å². The number of benzene rings is 1. The Balaban J connectivity index is 3.09. The predicted octanol–water partition coefficient (Wildman–Crippen LogP) is 1.95. The average molecular weight is 405 g/mol. The Hall–Kier alpha value is -2.20. The fourth-order valence-corrected chi connectivity index (χ4v) is 2.88. The molecule has 27 heavy (non-hydrogen) atoms. The van der Waals surface area contributed by atoms with Crippen molar-refractivity contribution in [2.24, 2.45) is 0 Å². The molecule has 152 valence electrons. The van der Waals surface area contributed by atoms with Crippen LogP contribution in [0.1, 0.15) is 43.0 Å². The molecule has 0 aliphatic carbocycles. The number of ether oxygens (including phenoxy) is 1. The van der Waals surface area contributed by atoms with Crippen LogP contribution in [0.5, 0.6) is 5.75 Å². The van der Waals surface area contributed by atoms with E-state index in [2.05, 4.69) is 9.50 Å². The van der Waals surface area contributed by atoms with Crippen LogP contribution in [-0.4, -0.2) is 37.6 Å². The van der Waals surface area contributed by atoms with Crippen molar-refractivity contribution in [3.8, 4) is 5.75 Å². The van der Waals surface area contributed by atoms with E-state index in [0.717, 1.165) is 0 Å². The lowest BCUT2D eigenvalue weighted by Crippen LogP contribution is -2.31. The molecule has 0 radical (unpaired) electrons. The molecule has 0 atom stereocenters. The molecule has 0 unspecified atom stereocenters.